The number of carbonyl (C=O) groups is 1. The summed E-state index contributed by atoms with van der Waals surface area (Å²) in [6, 6.07) is 8.08. The van der Waals surface area contributed by atoms with Gasteiger partial charge < -0.3 is 4.74 Å². The molecule has 1 aliphatic rings. The molecule has 0 N–H and O–H groups in total. The number of halogens is 3. The Morgan fingerprint density at radius 3 is 2.62 bits per heavy atom. The van der Waals surface area contributed by atoms with Gasteiger partial charge in [-0.25, -0.2) is 4.98 Å². The Balaban J connectivity index is 1.76. The number of hydrogen-bond donors (Lipinski definition) is 0. The number of pyridine rings is 1. The van der Waals surface area contributed by atoms with Gasteiger partial charge in [0.2, 0.25) is 5.88 Å². The maximum absolute atomic E-state index is 12.6. The van der Waals surface area contributed by atoms with Crippen molar-refractivity contribution in [3.05, 3.63) is 65.9 Å². The second kappa shape index (κ2) is 7.32. The topological polar surface area (TPSA) is 39.2 Å². The van der Waals surface area contributed by atoms with Gasteiger partial charge in [0, 0.05) is 18.2 Å². The summed E-state index contributed by atoms with van der Waals surface area (Å²) >= 11 is 0. The van der Waals surface area contributed by atoms with Crippen molar-refractivity contribution in [2.75, 3.05) is 0 Å². The van der Waals surface area contributed by atoms with Crippen molar-refractivity contribution in [3.63, 3.8) is 0 Å². The first kappa shape index (κ1) is 18.2. The number of alkyl halides is 3. The highest BCUT2D eigenvalue weighted by atomic mass is 19.4. The van der Waals surface area contributed by atoms with E-state index in [-0.39, 0.29) is 11.7 Å². The fraction of sp³-hybridized carbons (Fsp3) is 0.300. The predicted molar refractivity (Wildman–Crippen MR) is 91.3 cm³/mol. The van der Waals surface area contributed by atoms with E-state index in [9.17, 15) is 18.0 Å². The summed E-state index contributed by atoms with van der Waals surface area (Å²) < 4.78 is 43.4. The normalized spacial score (nSPS) is 16.7. The molecule has 0 saturated carbocycles. The SMILES string of the molecule is C=CC(=O)CC1CCCc2nc(Oc3ccc(C(F)(F)F)cc3)ccc21. The number of ketones is 1. The lowest BCUT2D eigenvalue weighted by Crippen LogP contribution is -2.14. The number of ether oxygens (including phenoxy) is 1. The van der Waals surface area contributed by atoms with Crippen molar-refractivity contribution in [2.24, 2.45) is 0 Å². The van der Waals surface area contributed by atoms with E-state index in [1.54, 1.807) is 6.07 Å². The van der Waals surface area contributed by atoms with Crippen molar-refractivity contribution in [1.82, 2.24) is 4.98 Å². The summed E-state index contributed by atoms with van der Waals surface area (Å²) in [5.41, 5.74) is 1.19. The molecule has 0 saturated heterocycles. The number of rotatable bonds is 5. The lowest BCUT2D eigenvalue weighted by molar-refractivity contribution is -0.137. The van der Waals surface area contributed by atoms with Crippen LogP contribution in [-0.2, 0) is 17.4 Å². The average Bonchev–Trinajstić information content (AvgIpc) is 2.61. The quantitative estimate of drug-likeness (QED) is 0.664. The van der Waals surface area contributed by atoms with Gasteiger partial charge in [-0.1, -0.05) is 12.6 Å². The van der Waals surface area contributed by atoms with Crippen LogP contribution in [0, 0.1) is 0 Å². The second-order valence-electron chi connectivity index (χ2n) is 6.27. The smallest absolute Gasteiger partial charge is 0.416 e. The molecule has 1 aromatic heterocycles. The number of allylic oxidation sites excluding steroid dienone is 1. The van der Waals surface area contributed by atoms with Crippen LogP contribution in [0.5, 0.6) is 11.6 Å². The molecule has 6 heteroatoms. The summed E-state index contributed by atoms with van der Waals surface area (Å²) in [5.74, 6) is 0.753. The molecule has 1 aromatic carbocycles. The molecule has 3 nitrogen and oxygen atoms in total. The Morgan fingerprint density at radius 1 is 1.23 bits per heavy atom. The molecule has 0 spiro atoms. The zero-order valence-electron chi connectivity index (χ0n) is 14.1. The Hall–Kier alpha value is -2.63. The molecule has 2 aromatic rings. The van der Waals surface area contributed by atoms with E-state index in [0.717, 1.165) is 42.7 Å². The maximum Gasteiger partial charge on any atom is 0.416 e. The number of aromatic nitrogens is 1. The molecular formula is C20H18F3NO2. The van der Waals surface area contributed by atoms with E-state index < -0.39 is 11.7 Å². The zero-order chi connectivity index (χ0) is 18.7. The molecular weight excluding hydrogens is 343 g/mol. The molecule has 0 amide bonds. The highest BCUT2D eigenvalue weighted by Crippen LogP contribution is 2.35. The number of carbonyl (C=O) groups excluding carboxylic acids is 1. The third-order valence-corrected chi connectivity index (χ3v) is 4.47. The van der Waals surface area contributed by atoms with Gasteiger partial charge in [0.15, 0.2) is 5.78 Å². The third-order valence-electron chi connectivity index (χ3n) is 4.47. The minimum Gasteiger partial charge on any atom is -0.439 e. The van der Waals surface area contributed by atoms with E-state index in [2.05, 4.69) is 11.6 Å². The molecule has 136 valence electrons. The molecule has 1 heterocycles. The minimum absolute atomic E-state index is 0.00734. The number of nitrogens with zero attached hydrogens (tertiary/aromatic N) is 1. The third kappa shape index (κ3) is 4.12. The first-order valence-corrected chi connectivity index (χ1v) is 8.37. The van der Waals surface area contributed by atoms with Crippen LogP contribution in [0.15, 0.2) is 49.1 Å². The van der Waals surface area contributed by atoms with Gasteiger partial charge >= 0.3 is 6.18 Å². The van der Waals surface area contributed by atoms with Crippen molar-refractivity contribution in [2.45, 2.75) is 37.8 Å². The largest absolute Gasteiger partial charge is 0.439 e. The van der Waals surface area contributed by atoms with E-state index in [1.165, 1.54) is 18.2 Å². The standard InChI is InChI=1S/C20H18F3NO2/c1-2-15(25)12-13-4-3-5-18-17(13)10-11-19(24-18)26-16-8-6-14(7-9-16)20(21,22)23/h2,6-11,13H,1,3-5,12H2. The molecule has 3 rings (SSSR count). The fourth-order valence-corrected chi connectivity index (χ4v) is 3.16. The first-order valence-electron chi connectivity index (χ1n) is 8.37. The van der Waals surface area contributed by atoms with Crippen LogP contribution in [0.1, 0.15) is 42.0 Å². The summed E-state index contributed by atoms with van der Waals surface area (Å²) in [5, 5.41) is 0. The number of fused-ring (bicyclic) bond motifs is 1. The van der Waals surface area contributed by atoms with Gasteiger partial charge in [0.05, 0.1) is 5.56 Å². The predicted octanol–water partition coefficient (Wildman–Crippen LogP) is 5.46. The first-order chi connectivity index (χ1) is 12.4. The lowest BCUT2D eigenvalue weighted by atomic mass is 9.82. The van der Waals surface area contributed by atoms with E-state index in [0.29, 0.717) is 18.1 Å². The minimum atomic E-state index is -4.37. The molecule has 1 aliphatic carbocycles. The van der Waals surface area contributed by atoms with Crippen LogP contribution in [0.3, 0.4) is 0 Å². The summed E-state index contributed by atoms with van der Waals surface area (Å²) in [6.45, 7) is 3.51. The van der Waals surface area contributed by atoms with E-state index in [1.807, 2.05) is 6.07 Å². The van der Waals surface area contributed by atoms with Gasteiger partial charge in [-0.3, -0.25) is 4.79 Å². The second-order valence-corrected chi connectivity index (χ2v) is 6.27. The number of hydrogen-bond acceptors (Lipinski definition) is 3. The Bertz CT molecular complexity index is 813. The summed E-state index contributed by atoms with van der Waals surface area (Å²) in [4.78, 5) is 16.1. The highest BCUT2D eigenvalue weighted by molar-refractivity contribution is 5.89. The van der Waals surface area contributed by atoms with Crippen LogP contribution in [0.4, 0.5) is 13.2 Å². The molecule has 0 radical (unpaired) electrons. The van der Waals surface area contributed by atoms with Gasteiger partial charge in [-0.15, -0.1) is 0 Å². The van der Waals surface area contributed by atoms with Crippen LogP contribution in [0.2, 0.25) is 0 Å². The van der Waals surface area contributed by atoms with Crippen molar-refractivity contribution >= 4 is 5.78 Å². The number of aryl methyl sites for hydroxylation is 1. The van der Waals surface area contributed by atoms with Gasteiger partial charge in [-0.05, 0) is 61.1 Å². The van der Waals surface area contributed by atoms with Gasteiger partial charge in [-0.2, -0.15) is 13.2 Å². The Kier molecular flexibility index (Phi) is 5.11. The maximum atomic E-state index is 12.6. The van der Waals surface area contributed by atoms with Gasteiger partial charge in [0.25, 0.3) is 0 Å². The molecule has 1 unspecified atom stereocenters. The average molecular weight is 361 g/mol. The van der Waals surface area contributed by atoms with Crippen LogP contribution >= 0.6 is 0 Å². The highest BCUT2D eigenvalue weighted by Gasteiger charge is 2.30. The fourth-order valence-electron chi connectivity index (χ4n) is 3.16. The zero-order valence-corrected chi connectivity index (χ0v) is 14.1. The van der Waals surface area contributed by atoms with Crippen molar-refractivity contribution in [1.29, 1.82) is 0 Å². The van der Waals surface area contributed by atoms with Gasteiger partial charge in [0.1, 0.15) is 5.75 Å². The van der Waals surface area contributed by atoms with Crippen LogP contribution in [-0.4, -0.2) is 10.8 Å². The van der Waals surface area contributed by atoms with E-state index in [4.69, 9.17) is 4.74 Å². The van der Waals surface area contributed by atoms with E-state index >= 15 is 0 Å². The summed E-state index contributed by atoms with van der Waals surface area (Å²) in [6.07, 6.45) is 0.0199. The van der Waals surface area contributed by atoms with Crippen molar-refractivity contribution in [3.8, 4) is 11.6 Å². The molecule has 0 aliphatic heterocycles. The summed E-state index contributed by atoms with van der Waals surface area (Å²) in [7, 11) is 0. The molecule has 0 bridgehead atoms. The molecule has 26 heavy (non-hydrogen) atoms. The Morgan fingerprint density at radius 2 is 1.96 bits per heavy atom. The molecule has 1 atom stereocenters. The molecule has 0 fully saturated rings. The van der Waals surface area contributed by atoms with Crippen LogP contribution in [0.25, 0.3) is 0 Å². The van der Waals surface area contributed by atoms with Crippen LogP contribution < -0.4 is 4.74 Å². The number of benzene rings is 1. The lowest BCUT2D eigenvalue weighted by Gasteiger charge is -2.24. The Labute approximate surface area is 149 Å². The van der Waals surface area contributed by atoms with Crippen molar-refractivity contribution < 1.29 is 22.7 Å². The monoisotopic (exact) mass is 361 g/mol.